The van der Waals surface area contributed by atoms with Crippen molar-refractivity contribution in [1.82, 2.24) is 15.3 Å². The fourth-order valence-electron chi connectivity index (χ4n) is 3.67. The highest BCUT2D eigenvalue weighted by molar-refractivity contribution is 7.17. The highest BCUT2D eigenvalue weighted by Gasteiger charge is 2.29. The number of carbonyl (C=O) groups is 1. The number of amides is 1. The van der Waals surface area contributed by atoms with Gasteiger partial charge in [0.2, 0.25) is 0 Å². The van der Waals surface area contributed by atoms with Gasteiger partial charge >= 0.3 is 0 Å². The van der Waals surface area contributed by atoms with Gasteiger partial charge in [0.15, 0.2) is 11.5 Å². The van der Waals surface area contributed by atoms with E-state index in [1.54, 1.807) is 6.92 Å². The van der Waals surface area contributed by atoms with Crippen molar-refractivity contribution in [2.24, 2.45) is 0 Å². The summed E-state index contributed by atoms with van der Waals surface area (Å²) in [5, 5.41) is 11.6. The van der Waals surface area contributed by atoms with Crippen LogP contribution in [0.4, 0.5) is 5.00 Å². The number of aromatic nitrogens is 3. The van der Waals surface area contributed by atoms with Gasteiger partial charge in [-0.25, -0.2) is 0 Å². The van der Waals surface area contributed by atoms with E-state index in [1.807, 2.05) is 0 Å². The van der Waals surface area contributed by atoms with Crippen molar-refractivity contribution in [3.8, 4) is 11.5 Å². The second-order valence-corrected chi connectivity index (χ2v) is 7.86. The zero-order valence-electron chi connectivity index (χ0n) is 14.8. The van der Waals surface area contributed by atoms with Gasteiger partial charge in [-0.15, -0.1) is 11.3 Å². The molecule has 27 heavy (non-hydrogen) atoms. The van der Waals surface area contributed by atoms with Crippen LogP contribution in [0.5, 0.6) is 0 Å². The lowest BCUT2D eigenvalue weighted by molar-refractivity contribution is 0.101. The highest BCUT2D eigenvalue weighted by Crippen LogP contribution is 2.42. The van der Waals surface area contributed by atoms with Gasteiger partial charge in [0.25, 0.3) is 11.8 Å². The normalized spacial score (nSPS) is 16.0. The predicted molar refractivity (Wildman–Crippen MR) is 96.8 cm³/mol. The Hall–Kier alpha value is -2.52. The maximum absolute atomic E-state index is 12.9. The van der Waals surface area contributed by atoms with Crippen LogP contribution in [-0.2, 0) is 30.6 Å². The fraction of sp³-hybridized carbons (Fsp3) is 0.444. The second-order valence-electron chi connectivity index (χ2n) is 6.75. The third-order valence-corrected chi connectivity index (χ3v) is 6.07. The molecule has 3 aromatic rings. The lowest BCUT2D eigenvalue weighted by Crippen LogP contribution is -2.15. The van der Waals surface area contributed by atoms with E-state index in [-0.39, 0.29) is 5.91 Å². The van der Waals surface area contributed by atoms with Crippen molar-refractivity contribution in [3.05, 3.63) is 33.3 Å². The second kappa shape index (κ2) is 6.58. The molecule has 1 aliphatic carbocycles. The summed E-state index contributed by atoms with van der Waals surface area (Å²) in [7, 11) is 0. The van der Waals surface area contributed by atoms with E-state index in [4.69, 9.17) is 13.8 Å². The Morgan fingerprint density at radius 1 is 1.11 bits per heavy atom. The standard InChI is InChI=1S/C18H18N4O4S/c1-9-19-17(26-21-9)14-11-6-7-24-8-13(11)27-18(14)20-16(23)15-10-4-2-3-5-12(10)25-22-15/h2-8H2,1H3,(H,20,23). The minimum Gasteiger partial charge on any atom is -0.376 e. The summed E-state index contributed by atoms with van der Waals surface area (Å²) >= 11 is 1.49. The van der Waals surface area contributed by atoms with E-state index < -0.39 is 0 Å². The molecule has 0 saturated heterocycles. The predicted octanol–water partition coefficient (Wildman–Crippen LogP) is 3.30. The van der Waals surface area contributed by atoms with Crippen LogP contribution < -0.4 is 5.32 Å². The Morgan fingerprint density at radius 3 is 2.85 bits per heavy atom. The van der Waals surface area contributed by atoms with Crippen molar-refractivity contribution in [1.29, 1.82) is 0 Å². The first-order chi connectivity index (χ1) is 13.2. The summed E-state index contributed by atoms with van der Waals surface area (Å²) in [6.45, 7) is 2.93. The van der Waals surface area contributed by atoms with Crippen LogP contribution in [0.25, 0.3) is 11.5 Å². The maximum Gasteiger partial charge on any atom is 0.278 e. The molecule has 1 aliphatic heterocycles. The number of nitrogens with one attached hydrogen (secondary N) is 1. The van der Waals surface area contributed by atoms with Crippen molar-refractivity contribution in [2.45, 2.75) is 45.6 Å². The summed E-state index contributed by atoms with van der Waals surface area (Å²) in [5.74, 6) is 1.54. The third kappa shape index (κ3) is 2.87. The van der Waals surface area contributed by atoms with E-state index in [2.05, 4.69) is 20.6 Å². The Labute approximate surface area is 158 Å². The molecule has 5 rings (SSSR count). The quantitative estimate of drug-likeness (QED) is 0.736. The highest BCUT2D eigenvalue weighted by atomic mass is 32.1. The van der Waals surface area contributed by atoms with Gasteiger partial charge in [0, 0.05) is 16.9 Å². The van der Waals surface area contributed by atoms with Gasteiger partial charge in [0.05, 0.1) is 18.8 Å². The van der Waals surface area contributed by atoms with E-state index in [0.29, 0.717) is 35.6 Å². The molecule has 0 fully saturated rings. The molecule has 0 unspecified atom stereocenters. The lowest BCUT2D eigenvalue weighted by atomic mass is 9.96. The summed E-state index contributed by atoms with van der Waals surface area (Å²) in [5.41, 5.74) is 3.20. The van der Waals surface area contributed by atoms with Crippen LogP contribution in [0.3, 0.4) is 0 Å². The van der Waals surface area contributed by atoms with Crippen molar-refractivity contribution in [3.63, 3.8) is 0 Å². The Kier molecular flexibility index (Phi) is 4.05. The fourth-order valence-corrected chi connectivity index (χ4v) is 4.84. The number of anilines is 1. The minimum absolute atomic E-state index is 0.265. The molecule has 9 heteroatoms. The largest absolute Gasteiger partial charge is 0.376 e. The molecule has 0 atom stereocenters. The molecule has 0 spiro atoms. The first-order valence-electron chi connectivity index (χ1n) is 9.02. The minimum atomic E-state index is -0.265. The number of hydrogen-bond acceptors (Lipinski definition) is 8. The van der Waals surface area contributed by atoms with Gasteiger partial charge in [-0.2, -0.15) is 4.98 Å². The maximum atomic E-state index is 12.9. The Bertz CT molecular complexity index is 1020. The van der Waals surface area contributed by atoms with Crippen LogP contribution in [0.15, 0.2) is 9.05 Å². The van der Waals surface area contributed by atoms with Crippen molar-refractivity contribution in [2.75, 3.05) is 11.9 Å². The molecule has 1 amide bonds. The van der Waals surface area contributed by atoms with Crippen molar-refractivity contribution >= 4 is 22.2 Å². The zero-order valence-corrected chi connectivity index (χ0v) is 15.6. The number of carbonyl (C=O) groups excluding carboxylic acids is 1. The molecule has 8 nitrogen and oxygen atoms in total. The molecule has 140 valence electrons. The molecule has 1 N–H and O–H groups in total. The topological polar surface area (TPSA) is 103 Å². The zero-order chi connectivity index (χ0) is 18.4. The SMILES string of the molecule is Cc1noc(-c2c(NC(=O)c3noc4c3CCCC4)sc3c2CCOC3)n1. The smallest absolute Gasteiger partial charge is 0.278 e. The van der Waals surface area contributed by atoms with Gasteiger partial charge in [-0.3, -0.25) is 4.79 Å². The van der Waals surface area contributed by atoms with Gasteiger partial charge in [-0.1, -0.05) is 10.3 Å². The average molecular weight is 386 g/mol. The monoisotopic (exact) mass is 386 g/mol. The molecule has 4 heterocycles. The molecule has 0 bridgehead atoms. The van der Waals surface area contributed by atoms with E-state index in [1.165, 1.54) is 11.3 Å². The number of rotatable bonds is 3. The number of ether oxygens (including phenoxy) is 1. The first kappa shape index (κ1) is 16.6. The Morgan fingerprint density at radius 2 is 2.00 bits per heavy atom. The van der Waals surface area contributed by atoms with E-state index in [9.17, 15) is 4.79 Å². The number of fused-ring (bicyclic) bond motifs is 2. The first-order valence-corrected chi connectivity index (χ1v) is 9.84. The Balaban J connectivity index is 1.52. The van der Waals surface area contributed by atoms with Gasteiger partial charge < -0.3 is 19.1 Å². The van der Waals surface area contributed by atoms with Crippen LogP contribution in [0.1, 0.15) is 50.9 Å². The van der Waals surface area contributed by atoms with E-state index >= 15 is 0 Å². The molecule has 3 aromatic heterocycles. The average Bonchev–Trinajstić information content (AvgIpc) is 3.37. The molecule has 2 aliphatic rings. The van der Waals surface area contributed by atoms with Crippen LogP contribution in [-0.4, -0.2) is 27.8 Å². The number of nitrogens with zero attached hydrogens (tertiary/aromatic N) is 3. The number of thiophene rings is 1. The van der Waals surface area contributed by atoms with Gasteiger partial charge in [-0.05, 0) is 38.2 Å². The van der Waals surface area contributed by atoms with Crippen molar-refractivity contribution < 1.29 is 18.6 Å². The van der Waals surface area contributed by atoms with E-state index in [0.717, 1.165) is 59.4 Å². The van der Waals surface area contributed by atoms with Crippen LogP contribution >= 0.6 is 11.3 Å². The summed E-state index contributed by atoms with van der Waals surface area (Å²) in [4.78, 5) is 18.4. The molecular formula is C18H18N4O4S. The lowest BCUT2D eigenvalue weighted by Gasteiger charge is -2.12. The third-order valence-electron chi connectivity index (χ3n) is 4.95. The summed E-state index contributed by atoms with van der Waals surface area (Å²) in [6, 6.07) is 0. The molecule has 0 saturated carbocycles. The summed E-state index contributed by atoms with van der Waals surface area (Å²) in [6.07, 6.45) is 4.53. The molecule has 0 radical (unpaired) electrons. The molecular weight excluding hydrogens is 368 g/mol. The van der Waals surface area contributed by atoms with Crippen LogP contribution in [0.2, 0.25) is 0 Å². The molecule has 0 aromatic carbocycles. The summed E-state index contributed by atoms with van der Waals surface area (Å²) < 4.78 is 16.3. The van der Waals surface area contributed by atoms with Gasteiger partial charge in [0.1, 0.15) is 10.8 Å². The number of hydrogen-bond donors (Lipinski definition) is 1. The number of aryl methyl sites for hydroxylation is 2. The van der Waals surface area contributed by atoms with Crippen LogP contribution in [0, 0.1) is 6.92 Å².